The number of hydrogen-bond acceptors (Lipinski definition) is 5. The average Bonchev–Trinajstić information content (AvgIpc) is 2.78. The maximum Gasteiger partial charge on any atom is 0.338 e. The summed E-state index contributed by atoms with van der Waals surface area (Å²) in [6.07, 6.45) is 0.402. The number of benzene rings is 1. The van der Waals surface area contributed by atoms with Gasteiger partial charge in [0, 0.05) is 6.04 Å². The first-order chi connectivity index (χ1) is 10.3. The molecule has 1 amide bonds. The smallest absolute Gasteiger partial charge is 0.338 e. The zero-order chi connectivity index (χ0) is 16.3. The van der Waals surface area contributed by atoms with Gasteiger partial charge in [-0.1, -0.05) is 12.1 Å². The van der Waals surface area contributed by atoms with Crippen LogP contribution in [0.5, 0.6) is 0 Å². The Morgan fingerprint density at radius 3 is 2.68 bits per heavy atom. The zero-order valence-electron chi connectivity index (χ0n) is 12.6. The first-order valence-electron chi connectivity index (χ1n) is 7.01. The van der Waals surface area contributed by atoms with Gasteiger partial charge in [0.25, 0.3) is 5.91 Å². The van der Waals surface area contributed by atoms with Crippen LogP contribution in [0.1, 0.15) is 27.9 Å². The van der Waals surface area contributed by atoms with Gasteiger partial charge in [-0.05, 0) is 37.5 Å². The molecule has 1 saturated heterocycles. The third-order valence-corrected chi connectivity index (χ3v) is 5.52. The third kappa shape index (κ3) is 4.07. The minimum absolute atomic E-state index is 0.0519. The summed E-state index contributed by atoms with van der Waals surface area (Å²) in [6.45, 7) is 3.29. The molecule has 1 unspecified atom stereocenters. The van der Waals surface area contributed by atoms with E-state index in [1.54, 1.807) is 12.1 Å². The van der Waals surface area contributed by atoms with Crippen molar-refractivity contribution in [3.63, 3.8) is 0 Å². The Bertz CT molecular complexity index is 696. The zero-order valence-corrected chi connectivity index (χ0v) is 13.4. The Hall–Kier alpha value is -1.89. The van der Waals surface area contributed by atoms with Gasteiger partial charge in [-0.25, -0.2) is 13.2 Å². The molecule has 2 rings (SSSR count). The number of amides is 1. The van der Waals surface area contributed by atoms with E-state index in [1.165, 1.54) is 0 Å². The van der Waals surface area contributed by atoms with E-state index in [9.17, 15) is 18.0 Å². The summed E-state index contributed by atoms with van der Waals surface area (Å²) in [5.41, 5.74) is 2.21. The van der Waals surface area contributed by atoms with Crippen molar-refractivity contribution in [2.75, 3.05) is 18.1 Å². The minimum atomic E-state index is -3.05. The molecule has 1 aromatic rings. The highest BCUT2D eigenvalue weighted by atomic mass is 32.2. The highest BCUT2D eigenvalue weighted by molar-refractivity contribution is 7.91. The minimum Gasteiger partial charge on any atom is -0.452 e. The van der Waals surface area contributed by atoms with Crippen molar-refractivity contribution in [1.82, 2.24) is 5.32 Å². The van der Waals surface area contributed by atoms with Crippen LogP contribution in [0.25, 0.3) is 0 Å². The number of rotatable bonds is 4. The van der Waals surface area contributed by atoms with E-state index in [2.05, 4.69) is 5.32 Å². The maximum atomic E-state index is 12.0. The van der Waals surface area contributed by atoms with Crippen molar-refractivity contribution in [2.24, 2.45) is 0 Å². The Morgan fingerprint density at radius 1 is 1.32 bits per heavy atom. The number of hydrogen-bond donors (Lipinski definition) is 1. The lowest BCUT2D eigenvalue weighted by Crippen LogP contribution is -2.38. The van der Waals surface area contributed by atoms with Gasteiger partial charge in [-0.2, -0.15) is 0 Å². The third-order valence-electron chi connectivity index (χ3n) is 3.76. The van der Waals surface area contributed by atoms with Gasteiger partial charge in [0.1, 0.15) is 0 Å². The van der Waals surface area contributed by atoms with Crippen molar-refractivity contribution in [1.29, 1.82) is 0 Å². The van der Waals surface area contributed by atoms with E-state index in [1.807, 2.05) is 19.9 Å². The van der Waals surface area contributed by atoms with E-state index in [0.29, 0.717) is 12.0 Å². The van der Waals surface area contributed by atoms with Gasteiger partial charge in [0.15, 0.2) is 16.4 Å². The molecule has 1 aliphatic heterocycles. The van der Waals surface area contributed by atoms with Crippen LogP contribution in [-0.4, -0.2) is 44.4 Å². The molecule has 1 fully saturated rings. The molecule has 120 valence electrons. The SMILES string of the molecule is Cc1cccc(C(=O)OCC(=O)NC2CCS(=O)(=O)C2)c1C. The first-order valence-corrected chi connectivity index (χ1v) is 8.84. The summed E-state index contributed by atoms with van der Waals surface area (Å²) < 4.78 is 27.6. The van der Waals surface area contributed by atoms with Gasteiger partial charge >= 0.3 is 5.97 Å². The summed E-state index contributed by atoms with van der Waals surface area (Å²) >= 11 is 0. The lowest BCUT2D eigenvalue weighted by molar-refractivity contribution is -0.124. The molecule has 1 aliphatic rings. The van der Waals surface area contributed by atoms with Gasteiger partial charge < -0.3 is 10.1 Å². The van der Waals surface area contributed by atoms with E-state index < -0.39 is 34.4 Å². The fourth-order valence-electron chi connectivity index (χ4n) is 2.36. The van der Waals surface area contributed by atoms with Crippen LogP contribution in [0, 0.1) is 13.8 Å². The number of nitrogens with one attached hydrogen (secondary N) is 1. The molecule has 0 bridgehead atoms. The van der Waals surface area contributed by atoms with Crippen LogP contribution in [0.2, 0.25) is 0 Å². The van der Waals surface area contributed by atoms with E-state index >= 15 is 0 Å². The summed E-state index contributed by atoms with van der Waals surface area (Å²) in [4.78, 5) is 23.7. The first kappa shape index (κ1) is 16.5. The molecular formula is C15H19NO5S. The van der Waals surface area contributed by atoms with Crippen molar-refractivity contribution in [3.05, 3.63) is 34.9 Å². The Labute approximate surface area is 129 Å². The van der Waals surface area contributed by atoms with Crippen LogP contribution in [0.15, 0.2) is 18.2 Å². The number of carbonyl (C=O) groups excluding carboxylic acids is 2. The molecule has 1 heterocycles. The maximum absolute atomic E-state index is 12.0. The average molecular weight is 325 g/mol. The fraction of sp³-hybridized carbons (Fsp3) is 0.467. The Balaban J connectivity index is 1.86. The lowest BCUT2D eigenvalue weighted by Gasteiger charge is -2.12. The second-order valence-electron chi connectivity index (χ2n) is 5.49. The molecule has 1 N–H and O–H groups in total. The number of aryl methyl sites for hydroxylation is 1. The fourth-order valence-corrected chi connectivity index (χ4v) is 4.03. The Kier molecular flexibility index (Phi) is 4.85. The van der Waals surface area contributed by atoms with Crippen LogP contribution >= 0.6 is 0 Å². The molecule has 6 nitrogen and oxygen atoms in total. The van der Waals surface area contributed by atoms with E-state index in [4.69, 9.17) is 4.74 Å². The van der Waals surface area contributed by atoms with E-state index in [0.717, 1.165) is 11.1 Å². The normalized spacial score (nSPS) is 19.6. The summed E-state index contributed by atoms with van der Waals surface area (Å²) in [7, 11) is -3.05. The number of esters is 1. The van der Waals surface area contributed by atoms with Crippen LogP contribution in [0.3, 0.4) is 0 Å². The lowest BCUT2D eigenvalue weighted by atomic mass is 10.0. The molecule has 1 atom stereocenters. The predicted octanol–water partition coefficient (Wildman–Crippen LogP) is 0.764. The van der Waals surface area contributed by atoms with Gasteiger partial charge in [0.05, 0.1) is 17.1 Å². The molecule has 1 aromatic carbocycles. The summed E-state index contributed by atoms with van der Waals surface area (Å²) in [6, 6.07) is 4.89. The Morgan fingerprint density at radius 2 is 2.05 bits per heavy atom. The molecule has 0 aliphatic carbocycles. The highest BCUT2D eigenvalue weighted by Gasteiger charge is 2.29. The molecule has 0 spiro atoms. The van der Waals surface area contributed by atoms with E-state index in [-0.39, 0.29) is 11.5 Å². The molecule has 0 saturated carbocycles. The van der Waals surface area contributed by atoms with Crippen LogP contribution in [-0.2, 0) is 19.4 Å². The second kappa shape index (κ2) is 6.48. The van der Waals surface area contributed by atoms with Crippen molar-refractivity contribution >= 4 is 21.7 Å². The second-order valence-corrected chi connectivity index (χ2v) is 7.72. The van der Waals surface area contributed by atoms with Gasteiger partial charge in [0.2, 0.25) is 0 Å². The number of carbonyl (C=O) groups is 2. The topological polar surface area (TPSA) is 89.5 Å². The van der Waals surface area contributed by atoms with Crippen molar-refractivity contribution in [3.8, 4) is 0 Å². The number of sulfone groups is 1. The van der Waals surface area contributed by atoms with Gasteiger partial charge in [-0.15, -0.1) is 0 Å². The summed E-state index contributed by atoms with van der Waals surface area (Å²) in [5, 5.41) is 2.57. The number of ether oxygens (including phenoxy) is 1. The molecule has 0 aromatic heterocycles. The van der Waals surface area contributed by atoms with Crippen LogP contribution in [0.4, 0.5) is 0 Å². The van der Waals surface area contributed by atoms with Crippen molar-refractivity contribution in [2.45, 2.75) is 26.3 Å². The summed E-state index contributed by atoms with van der Waals surface area (Å²) in [5.74, 6) is -1.01. The van der Waals surface area contributed by atoms with Crippen molar-refractivity contribution < 1.29 is 22.7 Å². The monoisotopic (exact) mass is 325 g/mol. The van der Waals surface area contributed by atoms with Gasteiger partial charge in [-0.3, -0.25) is 4.79 Å². The van der Waals surface area contributed by atoms with Crippen LogP contribution < -0.4 is 5.32 Å². The standard InChI is InChI=1S/C15H19NO5S/c1-10-4-3-5-13(11(10)2)15(18)21-8-14(17)16-12-6-7-22(19,20)9-12/h3-5,12H,6-9H2,1-2H3,(H,16,17). The predicted molar refractivity (Wildman–Crippen MR) is 81.4 cm³/mol. The largest absolute Gasteiger partial charge is 0.452 e. The molecular weight excluding hydrogens is 306 g/mol. The molecule has 7 heteroatoms. The molecule has 0 radical (unpaired) electrons. The molecule has 22 heavy (non-hydrogen) atoms. The highest BCUT2D eigenvalue weighted by Crippen LogP contribution is 2.14. The quantitative estimate of drug-likeness (QED) is 0.826.